The van der Waals surface area contributed by atoms with Crippen LogP contribution in [0.3, 0.4) is 0 Å². The fourth-order valence-electron chi connectivity index (χ4n) is 2.40. The zero-order valence-electron chi connectivity index (χ0n) is 14.9. The molecule has 0 bridgehead atoms. The largest absolute Gasteiger partial charge is 0.355 e. The first-order valence-electron chi connectivity index (χ1n) is 8.26. The van der Waals surface area contributed by atoms with E-state index in [1.807, 2.05) is 43.3 Å². The van der Waals surface area contributed by atoms with Crippen molar-refractivity contribution in [2.75, 3.05) is 19.3 Å². The number of sulfonamides is 1. The second-order valence-electron chi connectivity index (χ2n) is 6.24. The number of benzene rings is 2. The van der Waals surface area contributed by atoms with E-state index in [0.717, 1.165) is 22.9 Å². The number of carbonyl (C=O) groups excluding carboxylic acids is 1. The van der Waals surface area contributed by atoms with Crippen molar-refractivity contribution in [3.63, 3.8) is 0 Å². The Kier molecular flexibility index (Phi) is 7.20. The van der Waals surface area contributed by atoms with Crippen molar-refractivity contribution in [1.29, 1.82) is 0 Å². The molecule has 0 spiro atoms. The van der Waals surface area contributed by atoms with Gasteiger partial charge in [-0.05, 0) is 36.6 Å². The van der Waals surface area contributed by atoms with Crippen molar-refractivity contribution in [2.24, 2.45) is 0 Å². The number of aryl methyl sites for hydroxylation is 1. The zero-order chi connectivity index (χ0) is 19.2. The standard InChI is InChI=1S/C19H23ClN2O3S/c1-15-3-5-17(6-4-15)13-22(26(2,24)25)14-19(23)21-12-11-16-7-9-18(20)10-8-16/h3-10H,11-14H2,1-2H3,(H,21,23). The van der Waals surface area contributed by atoms with Gasteiger partial charge < -0.3 is 5.32 Å². The van der Waals surface area contributed by atoms with Crippen LogP contribution in [0.4, 0.5) is 0 Å². The Morgan fingerprint density at radius 2 is 1.62 bits per heavy atom. The summed E-state index contributed by atoms with van der Waals surface area (Å²) in [6.07, 6.45) is 1.77. The van der Waals surface area contributed by atoms with Crippen molar-refractivity contribution in [1.82, 2.24) is 9.62 Å². The fraction of sp³-hybridized carbons (Fsp3) is 0.316. The van der Waals surface area contributed by atoms with E-state index in [0.29, 0.717) is 18.0 Å². The third-order valence-corrected chi connectivity index (χ3v) is 5.37. The SMILES string of the molecule is Cc1ccc(CN(CC(=O)NCCc2ccc(Cl)cc2)S(C)(=O)=O)cc1. The van der Waals surface area contributed by atoms with Crippen LogP contribution in [0, 0.1) is 6.92 Å². The lowest BCUT2D eigenvalue weighted by Gasteiger charge is -2.19. The molecule has 5 nitrogen and oxygen atoms in total. The van der Waals surface area contributed by atoms with E-state index >= 15 is 0 Å². The van der Waals surface area contributed by atoms with Crippen molar-refractivity contribution in [3.8, 4) is 0 Å². The van der Waals surface area contributed by atoms with Gasteiger partial charge >= 0.3 is 0 Å². The number of hydrogen-bond donors (Lipinski definition) is 1. The number of nitrogens with one attached hydrogen (secondary N) is 1. The van der Waals surface area contributed by atoms with E-state index < -0.39 is 10.0 Å². The summed E-state index contributed by atoms with van der Waals surface area (Å²) in [6.45, 7) is 2.37. The molecule has 0 aromatic heterocycles. The van der Waals surface area contributed by atoms with E-state index in [2.05, 4.69) is 5.32 Å². The minimum atomic E-state index is -3.49. The number of carbonyl (C=O) groups is 1. The maximum Gasteiger partial charge on any atom is 0.235 e. The molecule has 2 aromatic carbocycles. The molecule has 0 atom stereocenters. The van der Waals surface area contributed by atoms with Gasteiger partial charge in [0.25, 0.3) is 0 Å². The lowest BCUT2D eigenvalue weighted by molar-refractivity contribution is -0.121. The molecule has 7 heteroatoms. The van der Waals surface area contributed by atoms with Gasteiger partial charge in [-0.1, -0.05) is 53.6 Å². The van der Waals surface area contributed by atoms with Crippen molar-refractivity contribution >= 4 is 27.5 Å². The summed E-state index contributed by atoms with van der Waals surface area (Å²) in [6, 6.07) is 15.0. The Bertz CT molecular complexity index is 834. The summed E-state index contributed by atoms with van der Waals surface area (Å²) in [4.78, 5) is 12.2. The van der Waals surface area contributed by atoms with Crippen LogP contribution < -0.4 is 5.32 Å². The molecule has 2 aromatic rings. The monoisotopic (exact) mass is 394 g/mol. The van der Waals surface area contributed by atoms with Crippen LogP contribution in [-0.4, -0.2) is 38.0 Å². The lowest BCUT2D eigenvalue weighted by Crippen LogP contribution is -2.40. The number of halogens is 1. The molecule has 0 heterocycles. The average molecular weight is 395 g/mol. The molecular weight excluding hydrogens is 372 g/mol. The van der Waals surface area contributed by atoms with Crippen LogP contribution in [0.25, 0.3) is 0 Å². The highest BCUT2D eigenvalue weighted by molar-refractivity contribution is 7.88. The van der Waals surface area contributed by atoms with Gasteiger partial charge in [-0.2, -0.15) is 4.31 Å². The van der Waals surface area contributed by atoms with Crippen molar-refractivity contribution in [2.45, 2.75) is 19.9 Å². The second-order valence-corrected chi connectivity index (χ2v) is 8.66. The Labute approximate surface area is 160 Å². The number of nitrogens with zero attached hydrogens (tertiary/aromatic N) is 1. The molecule has 0 fully saturated rings. The summed E-state index contributed by atoms with van der Waals surface area (Å²) in [5, 5.41) is 3.43. The van der Waals surface area contributed by atoms with Gasteiger partial charge in [0.15, 0.2) is 0 Å². The van der Waals surface area contributed by atoms with Gasteiger partial charge in [-0.15, -0.1) is 0 Å². The molecule has 0 radical (unpaired) electrons. The molecule has 0 unspecified atom stereocenters. The van der Waals surface area contributed by atoms with E-state index in [1.165, 1.54) is 4.31 Å². The van der Waals surface area contributed by atoms with Crippen LogP contribution in [0.15, 0.2) is 48.5 Å². The highest BCUT2D eigenvalue weighted by atomic mass is 35.5. The molecule has 0 aliphatic carbocycles. The number of amides is 1. The third kappa shape index (κ3) is 6.78. The molecule has 0 saturated heterocycles. The Balaban J connectivity index is 1.89. The van der Waals surface area contributed by atoms with Gasteiger partial charge in [0.05, 0.1) is 12.8 Å². The Hall–Kier alpha value is -1.89. The molecule has 2 rings (SSSR count). The van der Waals surface area contributed by atoms with Crippen LogP contribution in [0.5, 0.6) is 0 Å². The van der Waals surface area contributed by atoms with Crippen LogP contribution >= 0.6 is 11.6 Å². The summed E-state index contributed by atoms with van der Waals surface area (Å²) in [5.74, 6) is -0.323. The molecule has 140 valence electrons. The molecular formula is C19H23ClN2O3S. The predicted octanol–water partition coefficient (Wildman–Crippen LogP) is 2.77. The molecule has 0 saturated carbocycles. The van der Waals surface area contributed by atoms with Gasteiger partial charge in [0.1, 0.15) is 0 Å². The van der Waals surface area contributed by atoms with Gasteiger partial charge in [0.2, 0.25) is 15.9 Å². The zero-order valence-corrected chi connectivity index (χ0v) is 16.5. The topological polar surface area (TPSA) is 66.5 Å². The first-order chi connectivity index (χ1) is 12.2. The van der Waals surface area contributed by atoms with Gasteiger partial charge in [-0.25, -0.2) is 8.42 Å². The number of rotatable bonds is 8. The van der Waals surface area contributed by atoms with Crippen molar-refractivity contribution < 1.29 is 13.2 Å². The average Bonchev–Trinajstić information content (AvgIpc) is 2.57. The van der Waals surface area contributed by atoms with E-state index in [4.69, 9.17) is 11.6 Å². The smallest absolute Gasteiger partial charge is 0.235 e. The fourth-order valence-corrected chi connectivity index (χ4v) is 3.26. The highest BCUT2D eigenvalue weighted by Crippen LogP contribution is 2.11. The maximum absolute atomic E-state index is 12.2. The molecule has 1 N–H and O–H groups in total. The minimum absolute atomic E-state index is 0.170. The van der Waals surface area contributed by atoms with E-state index in [9.17, 15) is 13.2 Å². The lowest BCUT2D eigenvalue weighted by atomic mass is 10.1. The summed E-state index contributed by atoms with van der Waals surface area (Å²) < 4.78 is 25.2. The van der Waals surface area contributed by atoms with Crippen LogP contribution in [0.1, 0.15) is 16.7 Å². The molecule has 0 aliphatic heterocycles. The summed E-state index contributed by atoms with van der Waals surface area (Å²) in [7, 11) is -3.49. The number of hydrogen-bond acceptors (Lipinski definition) is 3. The predicted molar refractivity (Wildman–Crippen MR) is 105 cm³/mol. The quantitative estimate of drug-likeness (QED) is 0.748. The Morgan fingerprint density at radius 3 is 2.19 bits per heavy atom. The molecule has 1 amide bonds. The van der Waals surface area contributed by atoms with Crippen LogP contribution in [-0.2, 0) is 27.8 Å². The van der Waals surface area contributed by atoms with Crippen LogP contribution in [0.2, 0.25) is 5.02 Å². The van der Waals surface area contributed by atoms with Crippen molar-refractivity contribution in [3.05, 3.63) is 70.2 Å². The molecule has 26 heavy (non-hydrogen) atoms. The minimum Gasteiger partial charge on any atom is -0.355 e. The van der Waals surface area contributed by atoms with Gasteiger partial charge in [0, 0.05) is 18.1 Å². The summed E-state index contributed by atoms with van der Waals surface area (Å²) in [5.41, 5.74) is 2.99. The first-order valence-corrected chi connectivity index (χ1v) is 10.5. The van der Waals surface area contributed by atoms with E-state index in [-0.39, 0.29) is 19.0 Å². The Morgan fingerprint density at radius 1 is 1.04 bits per heavy atom. The van der Waals surface area contributed by atoms with Gasteiger partial charge in [-0.3, -0.25) is 4.79 Å². The third-order valence-electron chi connectivity index (χ3n) is 3.92. The van der Waals surface area contributed by atoms with E-state index in [1.54, 1.807) is 12.1 Å². The summed E-state index contributed by atoms with van der Waals surface area (Å²) >= 11 is 5.84. The second kappa shape index (κ2) is 9.16. The maximum atomic E-state index is 12.2. The normalized spacial score (nSPS) is 11.5. The highest BCUT2D eigenvalue weighted by Gasteiger charge is 2.20. The molecule has 0 aliphatic rings. The first kappa shape index (κ1) is 20.4.